The van der Waals surface area contributed by atoms with Crippen molar-refractivity contribution in [2.24, 2.45) is 5.73 Å². The van der Waals surface area contributed by atoms with E-state index in [1.807, 2.05) is 60.7 Å². The number of carbonyl (C=O) groups is 2. The Balaban J connectivity index is 1.60. The molecule has 6 heteroatoms. The Kier molecular flexibility index (Phi) is 7.03. The Morgan fingerprint density at radius 1 is 0.931 bits per heavy atom. The third kappa shape index (κ3) is 6.19. The molecule has 0 bridgehead atoms. The van der Waals surface area contributed by atoms with Crippen LogP contribution in [0.4, 0.5) is 0 Å². The van der Waals surface area contributed by atoms with E-state index in [1.54, 1.807) is 18.2 Å². The van der Waals surface area contributed by atoms with Crippen LogP contribution < -0.4 is 15.8 Å². The Labute approximate surface area is 178 Å². The van der Waals surface area contributed by atoms with E-state index in [-0.39, 0.29) is 5.91 Å². The van der Waals surface area contributed by atoms with Crippen LogP contribution in [0, 0.1) is 0 Å². The van der Waals surface area contributed by atoms with E-state index in [0.717, 1.165) is 21.3 Å². The van der Waals surface area contributed by atoms with E-state index in [2.05, 4.69) is 21.2 Å². The van der Waals surface area contributed by atoms with Gasteiger partial charge in [0.25, 0.3) is 5.91 Å². The van der Waals surface area contributed by atoms with Crippen molar-refractivity contribution in [1.82, 2.24) is 5.32 Å². The number of rotatable bonds is 8. The average Bonchev–Trinajstić information content (AvgIpc) is 2.73. The van der Waals surface area contributed by atoms with Crippen LogP contribution in [0.5, 0.6) is 5.75 Å². The molecule has 0 saturated heterocycles. The highest BCUT2D eigenvalue weighted by Gasteiger charge is 2.19. The first-order valence-electron chi connectivity index (χ1n) is 9.12. The van der Waals surface area contributed by atoms with Gasteiger partial charge in [0.15, 0.2) is 0 Å². The molecule has 0 aliphatic heterocycles. The fraction of sp³-hybridized carbons (Fsp3) is 0.130. The molecule has 3 N–H and O–H groups in total. The van der Waals surface area contributed by atoms with Crippen molar-refractivity contribution in [2.75, 3.05) is 0 Å². The maximum absolute atomic E-state index is 12.4. The lowest BCUT2D eigenvalue weighted by atomic mass is 10.0. The lowest BCUT2D eigenvalue weighted by Crippen LogP contribution is -2.45. The quantitative estimate of drug-likeness (QED) is 0.544. The highest BCUT2D eigenvalue weighted by molar-refractivity contribution is 9.10. The van der Waals surface area contributed by atoms with Gasteiger partial charge in [0.05, 0.1) is 0 Å². The van der Waals surface area contributed by atoms with Crippen molar-refractivity contribution < 1.29 is 14.3 Å². The van der Waals surface area contributed by atoms with Crippen molar-refractivity contribution in [1.29, 1.82) is 0 Å². The normalized spacial score (nSPS) is 11.5. The van der Waals surface area contributed by atoms with Crippen molar-refractivity contribution >= 4 is 27.7 Å². The number of hydrogen-bond donors (Lipinski definition) is 2. The Bertz CT molecular complexity index is 975. The SMILES string of the molecule is NC(=O)[C@@H](Cc1ccc(OCc2ccccc2)cc1)NC(=O)c1cccc(Br)c1. The van der Waals surface area contributed by atoms with Gasteiger partial charge in [-0.05, 0) is 41.5 Å². The summed E-state index contributed by atoms with van der Waals surface area (Å²) >= 11 is 3.33. The summed E-state index contributed by atoms with van der Waals surface area (Å²) in [7, 11) is 0. The van der Waals surface area contributed by atoms with Gasteiger partial charge in [-0.3, -0.25) is 9.59 Å². The second-order valence-electron chi connectivity index (χ2n) is 6.56. The largest absolute Gasteiger partial charge is 0.489 e. The Morgan fingerprint density at radius 3 is 2.31 bits per heavy atom. The number of benzene rings is 3. The minimum absolute atomic E-state index is 0.300. The van der Waals surface area contributed by atoms with E-state index < -0.39 is 11.9 Å². The molecule has 3 aromatic carbocycles. The van der Waals surface area contributed by atoms with E-state index >= 15 is 0 Å². The van der Waals surface area contributed by atoms with Crippen molar-refractivity contribution in [2.45, 2.75) is 19.1 Å². The molecule has 0 aliphatic rings. The molecule has 148 valence electrons. The van der Waals surface area contributed by atoms with Gasteiger partial charge in [-0.2, -0.15) is 0 Å². The predicted octanol–water partition coefficient (Wildman–Crippen LogP) is 3.85. The zero-order valence-electron chi connectivity index (χ0n) is 15.7. The zero-order chi connectivity index (χ0) is 20.6. The molecule has 0 spiro atoms. The van der Waals surface area contributed by atoms with Gasteiger partial charge in [0, 0.05) is 16.5 Å². The summed E-state index contributed by atoms with van der Waals surface area (Å²) in [6, 6.07) is 23.4. The van der Waals surface area contributed by atoms with E-state index in [9.17, 15) is 9.59 Å². The van der Waals surface area contributed by atoms with Gasteiger partial charge in [0.2, 0.25) is 5.91 Å². The minimum atomic E-state index is -0.808. The van der Waals surface area contributed by atoms with Gasteiger partial charge in [-0.15, -0.1) is 0 Å². The highest BCUT2D eigenvalue weighted by Crippen LogP contribution is 2.16. The minimum Gasteiger partial charge on any atom is -0.489 e. The molecule has 0 heterocycles. The molecule has 3 aromatic rings. The van der Waals surface area contributed by atoms with Crippen LogP contribution in [-0.2, 0) is 17.8 Å². The fourth-order valence-electron chi connectivity index (χ4n) is 2.79. The molecule has 3 rings (SSSR count). The maximum Gasteiger partial charge on any atom is 0.251 e. The van der Waals surface area contributed by atoms with Crippen LogP contribution in [0.25, 0.3) is 0 Å². The lowest BCUT2D eigenvalue weighted by Gasteiger charge is -2.16. The van der Waals surface area contributed by atoms with Crippen LogP contribution in [0.1, 0.15) is 21.5 Å². The number of carbonyl (C=O) groups excluding carboxylic acids is 2. The molecule has 0 radical (unpaired) electrons. The second-order valence-corrected chi connectivity index (χ2v) is 7.48. The van der Waals surface area contributed by atoms with Crippen molar-refractivity contribution in [3.63, 3.8) is 0 Å². The predicted molar refractivity (Wildman–Crippen MR) is 116 cm³/mol. The molecular weight excluding hydrogens is 432 g/mol. The van der Waals surface area contributed by atoms with Crippen molar-refractivity contribution in [3.05, 3.63) is 100 Å². The molecule has 0 unspecified atom stereocenters. The number of ether oxygens (including phenoxy) is 1. The summed E-state index contributed by atoms with van der Waals surface area (Å²) in [6.07, 6.45) is 0.300. The molecule has 0 aliphatic carbocycles. The van der Waals surface area contributed by atoms with Crippen molar-refractivity contribution in [3.8, 4) is 5.75 Å². The zero-order valence-corrected chi connectivity index (χ0v) is 17.3. The summed E-state index contributed by atoms with van der Waals surface area (Å²) in [5.41, 5.74) is 7.90. The van der Waals surface area contributed by atoms with Gasteiger partial charge in [-0.1, -0.05) is 64.5 Å². The van der Waals surface area contributed by atoms with Crippen LogP contribution in [-0.4, -0.2) is 17.9 Å². The number of primary amides is 1. The van der Waals surface area contributed by atoms with Gasteiger partial charge < -0.3 is 15.8 Å². The smallest absolute Gasteiger partial charge is 0.251 e. The number of hydrogen-bond acceptors (Lipinski definition) is 3. The molecule has 5 nitrogen and oxygen atoms in total. The topological polar surface area (TPSA) is 81.4 Å². The number of amides is 2. The van der Waals surface area contributed by atoms with Crippen LogP contribution in [0.2, 0.25) is 0 Å². The lowest BCUT2D eigenvalue weighted by molar-refractivity contribution is -0.119. The molecular formula is C23H21BrN2O3. The Hall–Kier alpha value is -3.12. The number of nitrogens with one attached hydrogen (secondary N) is 1. The van der Waals surface area contributed by atoms with Crippen LogP contribution in [0.3, 0.4) is 0 Å². The first-order valence-corrected chi connectivity index (χ1v) is 9.92. The molecule has 0 fully saturated rings. The van der Waals surface area contributed by atoms with E-state index in [4.69, 9.17) is 10.5 Å². The third-order valence-corrected chi connectivity index (χ3v) is 4.84. The molecule has 0 saturated carbocycles. The highest BCUT2D eigenvalue weighted by atomic mass is 79.9. The summed E-state index contributed by atoms with van der Waals surface area (Å²) < 4.78 is 6.55. The standard InChI is InChI=1S/C23H21BrN2O3/c24-19-8-4-7-18(14-19)23(28)26-21(22(25)27)13-16-9-11-20(12-10-16)29-15-17-5-2-1-3-6-17/h1-12,14,21H,13,15H2,(H2,25,27)(H,26,28)/t21-/m1/s1. The second kappa shape index (κ2) is 9.89. The summed E-state index contributed by atoms with van der Waals surface area (Å²) in [5.74, 6) is -0.206. The van der Waals surface area contributed by atoms with Gasteiger partial charge >= 0.3 is 0 Å². The van der Waals surface area contributed by atoms with E-state index in [1.165, 1.54) is 0 Å². The maximum atomic E-state index is 12.4. The van der Waals surface area contributed by atoms with E-state index in [0.29, 0.717) is 18.6 Å². The Morgan fingerprint density at radius 2 is 1.66 bits per heavy atom. The third-order valence-electron chi connectivity index (χ3n) is 4.35. The summed E-state index contributed by atoms with van der Waals surface area (Å²) in [4.78, 5) is 24.3. The number of nitrogens with two attached hydrogens (primary N) is 1. The van der Waals surface area contributed by atoms with Gasteiger partial charge in [-0.25, -0.2) is 0 Å². The molecule has 0 aromatic heterocycles. The number of halogens is 1. The van der Waals surface area contributed by atoms with Crippen LogP contribution >= 0.6 is 15.9 Å². The average molecular weight is 453 g/mol. The first-order chi connectivity index (χ1) is 14.0. The first kappa shape index (κ1) is 20.6. The molecule has 29 heavy (non-hydrogen) atoms. The summed E-state index contributed by atoms with van der Waals surface area (Å²) in [5, 5.41) is 2.70. The van der Waals surface area contributed by atoms with Gasteiger partial charge in [0.1, 0.15) is 18.4 Å². The monoisotopic (exact) mass is 452 g/mol. The molecule has 2 amide bonds. The summed E-state index contributed by atoms with van der Waals surface area (Å²) in [6.45, 7) is 0.479. The fourth-order valence-corrected chi connectivity index (χ4v) is 3.19. The van der Waals surface area contributed by atoms with Crippen LogP contribution in [0.15, 0.2) is 83.3 Å². The molecule has 1 atom stereocenters.